The zero-order valence-electron chi connectivity index (χ0n) is 16.2. The molecule has 1 aromatic heterocycles. The first-order valence-corrected chi connectivity index (χ1v) is 10.0. The lowest BCUT2D eigenvalue weighted by Crippen LogP contribution is -2.26. The van der Waals surface area contributed by atoms with E-state index < -0.39 is 4.92 Å². The Morgan fingerprint density at radius 1 is 1.17 bits per heavy atom. The fourth-order valence-corrected chi connectivity index (χ4v) is 3.59. The van der Waals surface area contributed by atoms with Crippen LogP contribution in [-0.2, 0) is 6.54 Å². The van der Waals surface area contributed by atoms with Gasteiger partial charge in [0.1, 0.15) is 6.20 Å². The summed E-state index contributed by atoms with van der Waals surface area (Å²) in [6, 6.07) is 17.4. The summed E-state index contributed by atoms with van der Waals surface area (Å²) < 4.78 is 0. The molecule has 1 aliphatic heterocycles. The molecule has 0 saturated carbocycles. The summed E-state index contributed by atoms with van der Waals surface area (Å²) in [6.45, 7) is 2.56. The number of likely N-dealkylation sites (tertiary alicyclic amines) is 1. The Morgan fingerprint density at radius 2 is 1.93 bits per heavy atom. The van der Waals surface area contributed by atoms with Gasteiger partial charge in [-0.05, 0) is 36.2 Å². The van der Waals surface area contributed by atoms with Crippen molar-refractivity contribution in [1.29, 1.82) is 0 Å². The van der Waals surface area contributed by atoms with Crippen LogP contribution in [0.1, 0.15) is 12.0 Å². The lowest BCUT2D eigenvalue weighted by molar-refractivity contribution is -0.384. The number of halogens is 1. The molecule has 0 spiro atoms. The standard InChI is InChI=1S/C21H21ClN6O2/c22-16-6-8-17(9-7-16)25-21-23-12-19(28(29)30)20(26-21)24-18-10-11-27(14-18)13-15-4-2-1-3-5-15/h1-9,12,18H,10-11,13-14H2,(H2,23,24,25,26). The number of nitrogens with one attached hydrogen (secondary N) is 2. The van der Waals surface area contributed by atoms with E-state index in [-0.39, 0.29) is 23.5 Å². The fourth-order valence-electron chi connectivity index (χ4n) is 3.47. The zero-order valence-corrected chi connectivity index (χ0v) is 16.9. The number of nitro groups is 1. The maximum atomic E-state index is 11.4. The van der Waals surface area contributed by atoms with E-state index >= 15 is 0 Å². The van der Waals surface area contributed by atoms with Gasteiger partial charge in [0.05, 0.1) is 4.92 Å². The van der Waals surface area contributed by atoms with Gasteiger partial charge in [0.25, 0.3) is 0 Å². The molecule has 3 aromatic rings. The van der Waals surface area contributed by atoms with E-state index in [9.17, 15) is 10.1 Å². The quantitative estimate of drug-likeness (QED) is 0.426. The number of hydrogen-bond acceptors (Lipinski definition) is 7. The van der Waals surface area contributed by atoms with Crippen molar-refractivity contribution in [2.24, 2.45) is 0 Å². The molecule has 0 bridgehead atoms. The highest BCUT2D eigenvalue weighted by molar-refractivity contribution is 6.30. The van der Waals surface area contributed by atoms with Gasteiger partial charge in [-0.2, -0.15) is 4.98 Å². The first-order chi connectivity index (χ1) is 14.6. The second-order valence-electron chi connectivity index (χ2n) is 7.17. The fraction of sp³-hybridized carbons (Fsp3) is 0.238. The summed E-state index contributed by atoms with van der Waals surface area (Å²) in [5.41, 5.74) is 1.85. The molecule has 1 unspecified atom stereocenters. The van der Waals surface area contributed by atoms with Crippen molar-refractivity contribution in [2.45, 2.75) is 19.0 Å². The summed E-state index contributed by atoms with van der Waals surface area (Å²) in [5, 5.41) is 18.4. The van der Waals surface area contributed by atoms with Crippen molar-refractivity contribution in [3.05, 3.63) is 81.5 Å². The van der Waals surface area contributed by atoms with Crippen molar-refractivity contribution in [1.82, 2.24) is 14.9 Å². The van der Waals surface area contributed by atoms with Gasteiger partial charge in [0.15, 0.2) is 0 Å². The van der Waals surface area contributed by atoms with Crippen LogP contribution >= 0.6 is 11.6 Å². The number of rotatable bonds is 7. The van der Waals surface area contributed by atoms with Gasteiger partial charge in [0, 0.05) is 36.4 Å². The topological polar surface area (TPSA) is 96.2 Å². The van der Waals surface area contributed by atoms with Crippen molar-refractivity contribution in [3.8, 4) is 0 Å². The largest absolute Gasteiger partial charge is 0.360 e. The van der Waals surface area contributed by atoms with Crippen molar-refractivity contribution < 1.29 is 4.92 Å². The SMILES string of the molecule is O=[N+]([O-])c1cnc(Nc2ccc(Cl)cc2)nc1NC1CCN(Cc2ccccc2)C1. The molecule has 154 valence electrons. The molecule has 2 heterocycles. The molecule has 1 aliphatic rings. The average Bonchev–Trinajstić information content (AvgIpc) is 3.17. The second kappa shape index (κ2) is 9.06. The second-order valence-corrected chi connectivity index (χ2v) is 7.60. The van der Waals surface area contributed by atoms with Crippen LogP contribution in [0.4, 0.5) is 23.1 Å². The van der Waals surface area contributed by atoms with Crippen molar-refractivity contribution >= 4 is 34.7 Å². The van der Waals surface area contributed by atoms with Crippen LogP contribution in [0.25, 0.3) is 0 Å². The Bertz CT molecular complexity index is 1020. The molecule has 9 heteroatoms. The monoisotopic (exact) mass is 424 g/mol. The minimum Gasteiger partial charge on any atom is -0.360 e. The number of benzene rings is 2. The van der Waals surface area contributed by atoms with Crippen LogP contribution in [0.2, 0.25) is 5.02 Å². The molecular formula is C21H21ClN6O2. The molecule has 4 rings (SSSR count). The summed E-state index contributed by atoms with van der Waals surface area (Å²) in [5.74, 6) is 0.502. The Kier molecular flexibility index (Phi) is 6.06. The Labute approximate surface area is 179 Å². The van der Waals surface area contributed by atoms with Crippen molar-refractivity contribution in [3.63, 3.8) is 0 Å². The van der Waals surface area contributed by atoms with Crippen LogP contribution in [0.3, 0.4) is 0 Å². The van der Waals surface area contributed by atoms with Crippen LogP contribution in [0.15, 0.2) is 60.8 Å². The number of anilines is 3. The molecule has 1 fully saturated rings. The normalized spacial score (nSPS) is 16.4. The first kappa shape index (κ1) is 20.1. The Hall–Kier alpha value is -3.23. The van der Waals surface area contributed by atoms with Gasteiger partial charge < -0.3 is 10.6 Å². The molecular weight excluding hydrogens is 404 g/mol. The molecule has 8 nitrogen and oxygen atoms in total. The molecule has 1 saturated heterocycles. The van der Waals surface area contributed by atoms with Gasteiger partial charge >= 0.3 is 5.69 Å². The number of aromatic nitrogens is 2. The minimum absolute atomic E-state index is 0.0747. The lowest BCUT2D eigenvalue weighted by Gasteiger charge is -2.17. The highest BCUT2D eigenvalue weighted by atomic mass is 35.5. The molecule has 2 aromatic carbocycles. The third kappa shape index (κ3) is 5.03. The zero-order chi connectivity index (χ0) is 20.9. The van der Waals surface area contributed by atoms with E-state index in [4.69, 9.17) is 11.6 Å². The third-order valence-corrected chi connectivity index (χ3v) is 5.18. The van der Waals surface area contributed by atoms with E-state index in [2.05, 4.69) is 37.6 Å². The molecule has 30 heavy (non-hydrogen) atoms. The van der Waals surface area contributed by atoms with Crippen LogP contribution in [0, 0.1) is 10.1 Å². The van der Waals surface area contributed by atoms with E-state index in [1.807, 2.05) is 18.2 Å². The van der Waals surface area contributed by atoms with E-state index in [1.54, 1.807) is 24.3 Å². The summed E-state index contributed by atoms with van der Waals surface area (Å²) in [7, 11) is 0. The van der Waals surface area contributed by atoms with Gasteiger partial charge in [-0.15, -0.1) is 0 Å². The molecule has 2 N–H and O–H groups in total. The molecule has 0 aliphatic carbocycles. The smallest absolute Gasteiger partial charge is 0.329 e. The van der Waals surface area contributed by atoms with E-state index in [0.29, 0.717) is 5.02 Å². The number of hydrogen-bond donors (Lipinski definition) is 2. The van der Waals surface area contributed by atoms with E-state index in [1.165, 1.54) is 11.8 Å². The maximum absolute atomic E-state index is 11.4. The van der Waals surface area contributed by atoms with Crippen molar-refractivity contribution in [2.75, 3.05) is 23.7 Å². The van der Waals surface area contributed by atoms with Crippen LogP contribution in [0.5, 0.6) is 0 Å². The maximum Gasteiger partial charge on any atom is 0.329 e. The average molecular weight is 425 g/mol. The van der Waals surface area contributed by atoms with Gasteiger partial charge in [-0.1, -0.05) is 41.9 Å². The summed E-state index contributed by atoms with van der Waals surface area (Å²) >= 11 is 5.91. The van der Waals surface area contributed by atoms with Gasteiger partial charge in [-0.3, -0.25) is 15.0 Å². The van der Waals surface area contributed by atoms with Gasteiger partial charge in [0.2, 0.25) is 11.8 Å². The Balaban J connectivity index is 1.45. The lowest BCUT2D eigenvalue weighted by atomic mass is 10.2. The summed E-state index contributed by atoms with van der Waals surface area (Å²) in [6.07, 6.45) is 2.11. The van der Waals surface area contributed by atoms with Crippen LogP contribution in [-0.4, -0.2) is 38.9 Å². The molecule has 1 atom stereocenters. The van der Waals surface area contributed by atoms with E-state index in [0.717, 1.165) is 31.7 Å². The van der Waals surface area contributed by atoms with Gasteiger partial charge in [-0.25, -0.2) is 4.98 Å². The highest BCUT2D eigenvalue weighted by Crippen LogP contribution is 2.26. The summed E-state index contributed by atoms with van der Waals surface area (Å²) in [4.78, 5) is 21.7. The Morgan fingerprint density at radius 3 is 2.67 bits per heavy atom. The first-order valence-electron chi connectivity index (χ1n) is 9.63. The predicted molar refractivity (Wildman–Crippen MR) is 117 cm³/mol. The highest BCUT2D eigenvalue weighted by Gasteiger charge is 2.26. The van der Waals surface area contributed by atoms with Crippen LogP contribution < -0.4 is 10.6 Å². The molecule has 0 amide bonds. The molecule has 0 radical (unpaired) electrons. The number of nitrogens with zero attached hydrogens (tertiary/aromatic N) is 4. The third-order valence-electron chi connectivity index (χ3n) is 4.93. The predicted octanol–water partition coefficient (Wildman–Crippen LogP) is 4.47. The minimum atomic E-state index is -0.467.